The van der Waals surface area contributed by atoms with Gasteiger partial charge in [0.1, 0.15) is 0 Å². The van der Waals surface area contributed by atoms with Gasteiger partial charge in [-0.2, -0.15) is 4.98 Å². The van der Waals surface area contributed by atoms with E-state index in [1.165, 1.54) is 0 Å². The molecule has 0 radical (unpaired) electrons. The maximum absolute atomic E-state index is 6.03. The van der Waals surface area contributed by atoms with Gasteiger partial charge >= 0.3 is 0 Å². The van der Waals surface area contributed by atoms with Crippen LogP contribution < -0.4 is 5.32 Å². The Kier molecular flexibility index (Phi) is 3.22. The molecule has 0 saturated carbocycles. The minimum absolute atomic E-state index is 0.505. The highest BCUT2D eigenvalue weighted by molar-refractivity contribution is 6.31. The standard InChI is InChI=1S/C11H12ClN3O/c1-7-8(4-3-5-9(7)12)11-14-10(6-13-2)15-16-11/h3-5,13H,6H2,1-2H3. The van der Waals surface area contributed by atoms with Crippen molar-refractivity contribution in [2.75, 3.05) is 7.05 Å². The van der Waals surface area contributed by atoms with E-state index in [0.29, 0.717) is 23.3 Å². The van der Waals surface area contributed by atoms with Crippen molar-refractivity contribution in [3.63, 3.8) is 0 Å². The monoisotopic (exact) mass is 237 g/mol. The lowest BCUT2D eigenvalue weighted by Crippen LogP contribution is -2.06. The van der Waals surface area contributed by atoms with Gasteiger partial charge in [0.25, 0.3) is 5.89 Å². The molecule has 2 rings (SSSR count). The summed E-state index contributed by atoms with van der Waals surface area (Å²) >= 11 is 6.03. The number of rotatable bonds is 3. The number of aromatic nitrogens is 2. The molecule has 1 aromatic carbocycles. The van der Waals surface area contributed by atoms with Gasteiger partial charge < -0.3 is 9.84 Å². The van der Waals surface area contributed by atoms with Gasteiger partial charge in [0.15, 0.2) is 5.82 Å². The summed E-state index contributed by atoms with van der Waals surface area (Å²) in [6.45, 7) is 2.52. The van der Waals surface area contributed by atoms with Crippen LogP contribution >= 0.6 is 11.6 Å². The molecule has 2 aromatic rings. The average molecular weight is 238 g/mol. The molecule has 0 amide bonds. The normalized spacial score (nSPS) is 10.7. The topological polar surface area (TPSA) is 51.0 Å². The van der Waals surface area contributed by atoms with E-state index in [1.54, 1.807) is 0 Å². The van der Waals surface area contributed by atoms with E-state index >= 15 is 0 Å². The SMILES string of the molecule is CNCc1noc(-c2cccc(Cl)c2C)n1. The predicted octanol–water partition coefficient (Wildman–Crippen LogP) is 2.42. The summed E-state index contributed by atoms with van der Waals surface area (Å²) in [6, 6.07) is 5.62. The van der Waals surface area contributed by atoms with Crippen LogP contribution in [0.25, 0.3) is 11.5 Å². The molecule has 0 spiro atoms. The van der Waals surface area contributed by atoms with Gasteiger partial charge in [-0.25, -0.2) is 0 Å². The largest absolute Gasteiger partial charge is 0.334 e. The van der Waals surface area contributed by atoms with Crippen molar-refractivity contribution in [2.24, 2.45) is 0 Å². The first-order valence-corrected chi connectivity index (χ1v) is 5.33. The van der Waals surface area contributed by atoms with Crippen molar-refractivity contribution in [1.82, 2.24) is 15.5 Å². The van der Waals surface area contributed by atoms with E-state index in [0.717, 1.165) is 11.1 Å². The van der Waals surface area contributed by atoms with Crippen molar-refractivity contribution in [1.29, 1.82) is 0 Å². The van der Waals surface area contributed by atoms with Gasteiger partial charge in [0, 0.05) is 10.6 Å². The molecule has 1 N–H and O–H groups in total. The smallest absolute Gasteiger partial charge is 0.258 e. The summed E-state index contributed by atoms with van der Waals surface area (Å²) in [4.78, 5) is 4.27. The molecule has 0 bridgehead atoms. The van der Waals surface area contributed by atoms with Gasteiger partial charge in [-0.3, -0.25) is 0 Å². The summed E-state index contributed by atoms with van der Waals surface area (Å²) in [7, 11) is 1.83. The van der Waals surface area contributed by atoms with Crippen LogP contribution in [0.2, 0.25) is 5.02 Å². The van der Waals surface area contributed by atoms with Crippen LogP contribution in [0.5, 0.6) is 0 Å². The summed E-state index contributed by atoms with van der Waals surface area (Å²) in [6.07, 6.45) is 0. The number of nitrogens with zero attached hydrogens (tertiary/aromatic N) is 2. The molecular weight excluding hydrogens is 226 g/mol. The van der Waals surface area contributed by atoms with Crippen molar-refractivity contribution in [2.45, 2.75) is 13.5 Å². The molecule has 0 aliphatic carbocycles. The first-order chi connectivity index (χ1) is 7.72. The van der Waals surface area contributed by atoms with Crippen molar-refractivity contribution >= 4 is 11.6 Å². The molecule has 16 heavy (non-hydrogen) atoms. The molecule has 0 unspecified atom stereocenters. The van der Waals surface area contributed by atoms with Crippen LogP contribution in [-0.4, -0.2) is 17.2 Å². The van der Waals surface area contributed by atoms with Crippen molar-refractivity contribution < 1.29 is 4.52 Å². The Balaban J connectivity index is 2.39. The van der Waals surface area contributed by atoms with Crippen LogP contribution in [-0.2, 0) is 6.54 Å². The zero-order chi connectivity index (χ0) is 11.5. The molecule has 0 aliphatic heterocycles. The highest BCUT2D eigenvalue weighted by atomic mass is 35.5. The van der Waals surface area contributed by atoms with E-state index in [1.807, 2.05) is 32.2 Å². The maximum atomic E-state index is 6.03. The number of hydrogen-bond donors (Lipinski definition) is 1. The Labute approximate surface area is 98.6 Å². The number of halogens is 1. The number of nitrogens with one attached hydrogen (secondary N) is 1. The first-order valence-electron chi connectivity index (χ1n) is 4.95. The van der Waals surface area contributed by atoms with Crippen molar-refractivity contribution in [3.8, 4) is 11.5 Å². The third kappa shape index (κ3) is 2.08. The van der Waals surface area contributed by atoms with E-state index < -0.39 is 0 Å². The second-order valence-electron chi connectivity index (χ2n) is 3.46. The van der Waals surface area contributed by atoms with E-state index in [9.17, 15) is 0 Å². The lowest BCUT2D eigenvalue weighted by atomic mass is 10.1. The highest BCUT2D eigenvalue weighted by Gasteiger charge is 2.11. The molecule has 0 atom stereocenters. The minimum atomic E-state index is 0.505. The molecule has 4 nitrogen and oxygen atoms in total. The van der Waals surface area contributed by atoms with Gasteiger partial charge in [-0.15, -0.1) is 0 Å². The molecule has 0 fully saturated rings. The summed E-state index contributed by atoms with van der Waals surface area (Å²) in [5.74, 6) is 1.14. The van der Waals surface area contributed by atoms with Crippen LogP contribution in [0.15, 0.2) is 22.7 Å². The molecular formula is C11H12ClN3O. The van der Waals surface area contributed by atoms with Gasteiger partial charge in [-0.05, 0) is 31.7 Å². The number of hydrogen-bond acceptors (Lipinski definition) is 4. The Hall–Kier alpha value is -1.39. The fourth-order valence-electron chi connectivity index (χ4n) is 1.43. The van der Waals surface area contributed by atoms with Crippen molar-refractivity contribution in [3.05, 3.63) is 34.6 Å². The van der Waals surface area contributed by atoms with Crippen LogP contribution in [0, 0.1) is 6.92 Å². The van der Waals surface area contributed by atoms with E-state index in [-0.39, 0.29) is 0 Å². The molecule has 5 heteroatoms. The summed E-state index contributed by atoms with van der Waals surface area (Å²) in [5.41, 5.74) is 1.83. The van der Waals surface area contributed by atoms with Gasteiger partial charge in [0.2, 0.25) is 0 Å². The molecule has 1 aromatic heterocycles. The number of benzene rings is 1. The summed E-state index contributed by atoms with van der Waals surface area (Å²) in [5, 5.41) is 7.52. The minimum Gasteiger partial charge on any atom is -0.334 e. The maximum Gasteiger partial charge on any atom is 0.258 e. The lowest BCUT2D eigenvalue weighted by molar-refractivity contribution is 0.420. The van der Waals surface area contributed by atoms with E-state index in [2.05, 4.69) is 15.5 Å². The fraction of sp³-hybridized carbons (Fsp3) is 0.273. The van der Waals surface area contributed by atoms with Crippen LogP contribution in [0.1, 0.15) is 11.4 Å². The van der Waals surface area contributed by atoms with Gasteiger partial charge in [-0.1, -0.05) is 22.8 Å². The Bertz CT molecular complexity index is 496. The zero-order valence-corrected chi connectivity index (χ0v) is 9.88. The molecule has 0 saturated heterocycles. The highest BCUT2D eigenvalue weighted by Crippen LogP contribution is 2.26. The van der Waals surface area contributed by atoms with Gasteiger partial charge in [0.05, 0.1) is 6.54 Å². The molecule has 84 valence electrons. The third-order valence-corrected chi connectivity index (χ3v) is 2.71. The Morgan fingerprint density at radius 2 is 2.25 bits per heavy atom. The van der Waals surface area contributed by atoms with Crippen LogP contribution in [0.4, 0.5) is 0 Å². The molecule has 1 heterocycles. The lowest BCUT2D eigenvalue weighted by Gasteiger charge is -2.01. The Morgan fingerprint density at radius 3 is 3.00 bits per heavy atom. The second kappa shape index (κ2) is 4.63. The fourth-order valence-corrected chi connectivity index (χ4v) is 1.61. The second-order valence-corrected chi connectivity index (χ2v) is 3.87. The Morgan fingerprint density at radius 1 is 1.44 bits per heavy atom. The van der Waals surface area contributed by atoms with Crippen LogP contribution in [0.3, 0.4) is 0 Å². The first kappa shape index (κ1) is 11.1. The third-order valence-electron chi connectivity index (χ3n) is 2.30. The van der Waals surface area contributed by atoms with E-state index in [4.69, 9.17) is 16.1 Å². The average Bonchev–Trinajstić information content (AvgIpc) is 2.71. The molecule has 0 aliphatic rings. The summed E-state index contributed by atoms with van der Waals surface area (Å²) < 4.78 is 5.18. The quantitative estimate of drug-likeness (QED) is 0.891. The zero-order valence-electron chi connectivity index (χ0n) is 9.12. The predicted molar refractivity (Wildman–Crippen MR) is 62.2 cm³/mol.